The fourth-order valence-electron chi connectivity index (χ4n) is 4.06. The highest BCUT2D eigenvalue weighted by molar-refractivity contribution is 6.11. The molecule has 5 rings (SSSR count). The summed E-state index contributed by atoms with van der Waals surface area (Å²) in [6, 6.07) is 15.9. The second-order valence-electron chi connectivity index (χ2n) is 7.67. The van der Waals surface area contributed by atoms with Crippen LogP contribution in [0.2, 0.25) is 0 Å². The molecule has 7 nitrogen and oxygen atoms in total. The molecule has 0 bridgehead atoms. The smallest absolute Gasteiger partial charge is 0.268 e. The Labute approximate surface area is 179 Å². The predicted octanol–water partition coefficient (Wildman–Crippen LogP) is 4.28. The van der Waals surface area contributed by atoms with Crippen LogP contribution in [-0.4, -0.2) is 30.0 Å². The highest BCUT2D eigenvalue weighted by Gasteiger charge is 2.24. The second kappa shape index (κ2) is 7.68. The van der Waals surface area contributed by atoms with Gasteiger partial charge in [0.25, 0.3) is 5.91 Å². The molecule has 0 saturated heterocycles. The lowest BCUT2D eigenvalue weighted by molar-refractivity contribution is 0.0944. The molecule has 0 spiro atoms. The van der Waals surface area contributed by atoms with Crippen LogP contribution >= 0.6 is 0 Å². The zero-order valence-electron chi connectivity index (χ0n) is 17.4. The molecule has 0 atom stereocenters. The average molecular weight is 410 g/mol. The van der Waals surface area contributed by atoms with Crippen molar-refractivity contribution in [3.63, 3.8) is 0 Å². The molecule has 0 aliphatic carbocycles. The third-order valence-electron chi connectivity index (χ3n) is 5.36. The molecule has 7 heteroatoms. The summed E-state index contributed by atoms with van der Waals surface area (Å²) in [5, 5.41) is 4.08. The van der Waals surface area contributed by atoms with Gasteiger partial charge in [-0.05, 0) is 49.7 Å². The van der Waals surface area contributed by atoms with Crippen molar-refractivity contribution in [1.29, 1.82) is 0 Å². The molecule has 0 saturated carbocycles. The molecule has 0 aliphatic rings. The molecule has 0 unspecified atom stereocenters. The van der Waals surface area contributed by atoms with E-state index in [9.17, 15) is 4.79 Å². The number of fused-ring (bicyclic) bond motifs is 3. The quantitative estimate of drug-likeness (QED) is 0.469. The average Bonchev–Trinajstić information content (AvgIpc) is 3.33. The van der Waals surface area contributed by atoms with Gasteiger partial charge < -0.3 is 9.88 Å². The summed E-state index contributed by atoms with van der Waals surface area (Å²) in [5.74, 6) is 0.290. The fraction of sp³-hybridized carbons (Fsp3) is 0.167. The maximum absolute atomic E-state index is 13.3. The Balaban J connectivity index is 1.71. The lowest BCUT2D eigenvalue weighted by atomic mass is 10.2. The third kappa shape index (κ3) is 3.24. The first-order valence-corrected chi connectivity index (χ1v) is 10.2. The zero-order valence-corrected chi connectivity index (χ0v) is 17.4. The van der Waals surface area contributed by atoms with Crippen molar-refractivity contribution in [3.8, 4) is 5.95 Å². The van der Waals surface area contributed by atoms with Crippen molar-refractivity contribution in [1.82, 2.24) is 29.4 Å². The molecule has 31 heavy (non-hydrogen) atoms. The first-order valence-electron chi connectivity index (χ1n) is 10.2. The van der Waals surface area contributed by atoms with Crippen molar-refractivity contribution in [2.45, 2.75) is 26.4 Å². The molecule has 4 heterocycles. The van der Waals surface area contributed by atoms with Gasteiger partial charge in [0.15, 0.2) is 0 Å². The molecule has 5 aromatic rings. The molecule has 1 aromatic carbocycles. The second-order valence-corrected chi connectivity index (χ2v) is 7.67. The summed E-state index contributed by atoms with van der Waals surface area (Å²) >= 11 is 0. The minimum atomic E-state index is -0.181. The Kier molecular flexibility index (Phi) is 4.71. The van der Waals surface area contributed by atoms with Gasteiger partial charge in [-0.1, -0.05) is 18.2 Å². The van der Waals surface area contributed by atoms with Gasteiger partial charge in [-0.2, -0.15) is 0 Å². The topological polar surface area (TPSA) is 77.6 Å². The standard InChI is InChI=1S/C24H22N6O/c1-16(2)29-19-7-4-3-6-18(19)22-20(29)14-21(30(22)24-26-10-5-11-27-24)23(31)28-15-17-8-12-25-13-9-17/h3-14,16H,15H2,1-2H3,(H,28,31). The number of hydrogen-bond acceptors (Lipinski definition) is 4. The summed E-state index contributed by atoms with van der Waals surface area (Å²) in [6.07, 6.45) is 6.81. The Bertz CT molecular complexity index is 1370. The Morgan fingerprint density at radius 1 is 0.968 bits per heavy atom. The number of rotatable bonds is 5. The number of aromatic nitrogens is 5. The van der Waals surface area contributed by atoms with Gasteiger partial charge in [0.2, 0.25) is 5.95 Å². The molecule has 154 valence electrons. The summed E-state index contributed by atoms with van der Waals surface area (Å²) < 4.78 is 4.11. The summed E-state index contributed by atoms with van der Waals surface area (Å²) in [7, 11) is 0. The van der Waals surface area contributed by atoms with Gasteiger partial charge >= 0.3 is 0 Å². The molecular formula is C24H22N6O. The van der Waals surface area contributed by atoms with E-state index in [0.717, 1.165) is 27.5 Å². The van der Waals surface area contributed by atoms with Crippen molar-refractivity contribution < 1.29 is 4.79 Å². The van der Waals surface area contributed by atoms with E-state index >= 15 is 0 Å². The lowest BCUT2D eigenvalue weighted by Crippen LogP contribution is -2.25. The lowest BCUT2D eigenvalue weighted by Gasteiger charge is -2.11. The van der Waals surface area contributed by atoms with Gasteiger partial charge in [0.05, 0.1) is 16.6 Å². The van der Waals surface area contributed by atoms with Crippen LogP contribution in [-0.2, 0) is 6.54 Å². The number of benzene rings is 1. The van der Waals surface area contributed by atoms with Crippen LogP contribution in [0.25, 0.3) is 27.9 Å². The minimum Gasteiger partial charge on any atom is -0.347 e. The van der Waals surface area contributed by atoms with Crippen LogP contribution in [0.5, 0.6) is 0 Å². The number of carbonyl (C=O) groups is 1. The molecule has 4 aromatic heterocycles. The molecule has 0 aliphatic heterocycles. The van der Waals surface area contributed by atoms with Gasteiger partial charge in [-0.3, -0.25) is 14.3 Å². The van der Waals surface area contributed by atoms with Gasteiger partial charge in [0.1, 0.15) is 5.69 Å². The number of amides is 1. The van der Waals surface area contributed by atoms with Crippen LogP contribution in [0.1, 0.15) is 35.9 Å². The number of para-hydroxylation sites is 1. The van der Waals surface area contributed by atoms with Crippen LogP contribution in [0.4, 0.5) is 0 Å². The maximum atomic E-state index is 13.3. The monoisotopic (exact) mass is 410 g/mol. The molecule has 0 radical (unpaired) electrons. The molecule has 1 N–H and O–H groups in total. The maximum Gasteiger partial charge on any atom is 0.268 e. The van der Waals surface area contributed by atoms with Crippen LogP contribution in [0, 0.1) is 0 Å². The van der Waals surface area contributed by atoms with E-state index in [0.29, 0.717) is 18.2 Å². The number of nitrogens with one attached hydrogen (secondary N) is 1. The van der Waals surface area contributed by atoms with E-state index in [2.05, 4.69) is 50.8 Å². The first-order chi connectivity index (χ1) is 15.1. The van der Waals surface area contributed by atoms with Crippen molar-refractivity contribution >= 4 is 27.8 Å². The van der Waals surface area contributed by atoms with E-state index in [1.165, 1.54) is 0 Å². The summed E-state index contributed by atoms with van der Waals surface area (Å²) in [6.45, 7) is 4.70. The van der Waals surface area contributed by atoms with Crippen molar-refractivity contribution in [2.24, 2.45) is 0 Å². The Morgan fingerprint density at radius 3 is 2.45 bits per heavy atom. The summed E-state index contributed by atoms with van der Waals surface area (Å²) in [4.78, 5) is 26.2. The Hall–Kier alpha value is -4.00. The number of pyridine rings is 1. The van der Waals surface area contributed by atoms with Crippen molar-refractivity contribution in [2.75, 3.05) is 0 Å². The number of hydrogen-bond donors (Lipinski definition) is 1. The van der Waals surface area contributed by atoms with Crippen LogP contribution < -0.4 is 5.32 Å². The minimum absolute atomic E-state index is 0.181. The Morgan fingerprint density at radius 2 is 1.71 bits per heavy atom. The SMILES string of the molecule is CC(C)n1c2ccccc2c2c1cc(C(=O)NCc1ccncc1)n2-c1ncccn1. The molecule has 1 amide bonds. The van der Waals surface area contributed by atoms with Gasteiger partial charge in [-0.15, -0.1) is 0 Å². The van der Waals surface area contributed by atoms with Crippen LogP contribution in [0.15, 0.2) is 73.3 Å². The largest absolute Gasteiger partial charge is 0.347 e. The van der Waals surface area contributed by atoms with Gasteiger partial charge in [-0.25, -0.2) is 9.97 Å². The fourth-order valence-corrected chi connectivity index (χ4v) is 4.06. The van der Waals surface area contributed by atoms with E-state index < -0.39 is 0 Å². The number of nitrogens with zero attached hydrogens (tertiary/aromatic N) is 5. The van der Waals surface area contributed by atoms with E-state index in [1.807, 2.05) is 34.9 Å². The summed E-state index contributed by atoms with van der Waals surface area (Å²) in [5.41, 5.74) is 4.53. The van der Waals surface area contributed by atoms with Crippen molar-refractivity contribution in [3.05, 3.63) is 84.6 Å². The van der Waals surface area contributed by atoms with E-state index in [4.69, 9.17) is 0 Å². The highest BCUT2D eigenvalue weighted by atomic mass is 16.1. The third-order valence-corrected chi connectivity index (χ3v) is 5.36. The molecular weight excluding hydrogens is 388 g/mol. The zero-order chi connectivity index (χ0) is 21.4. The number of carbonyl (C=O) groups excluding carboxylic acids is 1. The highest BCUT2D eigenvalue weighted by Crippen LogP contribution is 2.35. The van der Waals surface area contributed by atoms with E-state index in [1.54, 1.807) is 30.9 Å². The molecule has 0 fully saturated rings. The predicted molar refractivity (Wildman–Crippen MR) is 120 cm³/mol. The normalized spacial score (nSPS) is 11.5. The van der Waals surface area contributed by atoms with Crippen LogP contribution in [0.3, 0.4) is 0 Å². The first kappa shape index (κ1) is 19.0. The van der Waals surface area contributed by atoms with E-state index in [-0.39, 0.29) is 11.9 Å². The van der Waals surface area contributed by atoms with Gasteiger partial charge in [0, 0.05) is 42.8 Å².